The van der Waals surface area contributed by atoms with Gasteiger partial charge in [0.2, 0.25) is 0 Å². The molecular weight excluding hydrogens is 265 g/mol. The SMILES string of the molecule is CCC1CN(c2cc(F)c(F)c(F)c2)C(C(C)C)CN1. The maximum absolute atomic E-state index is 13.4. The minimum absolute atomic E-state index is 0.141. The van der Waals surface area contributed by atoms with Crippen LogP contribution in [0.2, 0.25) is 0 Å². The summed E-state index contributed by atoms with van der Waals surface area (Å²) in [5, 5.41) is 3.44. The average Bonchev–Trinajstić information content (AvgIpc) is 2.43. The molecule has 1 saturated heterocycles. The second-order valence-electron chi connectivity index (χ2n) is 5.70. The van der Waals surface area contributed by atoms with Crippen LogP contribution >= 0.6 is 0 Å². The van der Waals surface area contributed by atoms with Crippen LogP contribution in [0.1, 0.15) is 27.2 Å². The molecule has 0 radical (unpaired) electrons. The normalized spacial score (nSPS) is 23.4. The van der Waals surface area contributed by atoms with Gasteiger partial charge in [-0.2, -0.15) is 0 Å². The van der Waals surface area contributed by atoms with Gasteiger partial charge in [0.25, 0.3) is 0 Å². The van der Waals surface area contributed by atoms with Crippen LogP contribution in [0.25, 0.3) is 0 Å². The van der Waals surface area contributed by atoms with Crippen molar-refractivity contribution in [1.29, 1.82) is 0 Å². The molecule has 0 bridgehead atoms. The Bertz CT molecular complexity index is 453. The van der Waals surface area contributed by atoms with Gasteiger partial charge in [-0.3, -0.25) is 0 Å². The molecule has 0 amide bonds. The Balaban J connectivity index is 2.35. The number of nitrogens with one attached hydrogen (secondary N) is 1. The molecule has 1 aromatic rings. The van der Waals surface area contributed by atoms with Crippen LogP contribution in [0.5, 0.6) is 0 Å². The summed E-state index contributed by atoms with van der Waals surface area (Å²) in [5.74, 6) is -3.34. The molecular formula is C15H21F3N2. The Hall–Kier alpha value is -1.23. The first kappa shape index (κ1) is 15.2. The van der Waals surface area contributed by atoms with Crippen molar-refractivity contribution in [3.05, 3.63) is 29.6 Å². The molecule has 5 heteroatoms. The first-order valence-corrected chi connectivity index (χ1v) is 7.08. The molecule has 1 aliphatic rings. The van der Waals surface area contributed by atoms with Crippen LogP contribution in [0, 0.1) is 23.4 Å². The maximum atomic E-state index is 13.4. The molecule has 1 aliphatic heterocycles. The Labute approximate surface area is 118 Å². The first-order valence-electron chi connectivity index (χ1n) is 7.08. The standard InChI is InChI=1S/C15H21F3N2/c1-4-10-8-20(14(7-19-10)9(2)3)11-5-12(16)15(18)13(17)6-11/h5-6,9-10,14,19H,4,7-8H2,1-3H3. The van der Waals surface area contributed by atoms with Crippen LogP contribution in [0.3, 0.4) is 0 Å². The first-order chi connectivity index (χ1) is 9.43. The van der Waals surface area contributed by atoms with Gasteiger partial charge in [0.1, 0.15) is 0 Å². The third kappa shape index (κ3) is 2.92. The monoisotopic (exact) mass is 286 g/mol. The summed E-state index contributed by atoms with van der Waals surface area (Å²) in [6.45, 7) is 7.64. The number of hydrogen-bond acceptors (Lipinski definition) is 2. The van der Waals surface area contributed by atoms with E-state index >= 15 is 0 Å². The quantitative estimate of drug-likeness (QED) is 0.858. The van der Waals surface area contributed by atoms with Crippen LogP contribution < -0.4 is 10.2 Å². The third-order valence-electron chi connectivity index (χ3n) is 4.00. The highest BCUT2D eigenvalue weighted by Crippen LogP contribution is 2.27. The van der Waals surface area contributed by atoms with Crippen molar-refractivity contribution < 1.29 is 13.2 Å². The van der Waals surface area contributed by atoms with Crippen molar-refractivity contribution in [2.24, 2.45) is 5.92 Å². The summed E-state index contributed by atoms with van der Waals surface area (Å²) < 4.78 is 40.0. The number of halogens is 3. The van der Waals surface area contributed by atoms with Crippen molar-refractivity contribution in [3.63, 3.8) is 0 Å². The highest BCUT2D eigenvalue weighted by molar-refractivity contribution is 5.49. The van der Waals surface area contributed by atoms with Crippen molar-refractivity contribution >= 4 is 5.69 Å². The Kier molecular flexibility index (Phi) is 4.58. The van der Waals surface area contributed by atoms with Crippen molar-refractivity contribution in [3.8, 4) is 0 Å². The fourth-order valence-electron chi connectivity index (χ4n) is 2.71. The Morgan fingerprint density at radius 1 is 1.25 bits per heavy atom. The number of nitrogens with zero attached hydrogens (tertiary/aromatic N) is 1. The molecule has 2 nitrogen and oxygen atoms in total. The van der Waals surface area contributed by atoms with E-state index in [-0.39, 0.29) is 12.1 Å². The second kappa shape index (κ2) is 6.04. The van der Waals surface area contributed by atoms with E-state index in [1.54, 1.807) is 0 Å². The number of anilines is 1. The zero-order valence-electron chi connectivity index (χ0n) is 12.1. The lowest BCUT2D eigenvalue weighted by molar-refractivity contribution is 0.332. The molecule has 1 heterocycles. The summed E-state index contributed by atoms with van der Waals surface area (Å²) in [5.41, 5.74) is 0.417. The highest BCUT2D eigenvalue weighted by atomic mass is 19.2. The molecule has 20 heavy (non-hydrogen) atoms. The van der Waals surface area contributed by atoms with Crippen LogP contribution in [-0.4, -0.2) is 25.2 Å². The molecule has 2 rings (SSSR count). The van der Waals surface area contributed by atoms with E-state index in [2.05, 4.69) is 26.1 Å². The van der Waals surface area contributed by atoms with E-state index < -0.39 is 17.5 Å². The smallest absolute Gasteiger partial charge is 0.194 e. The lowest BCUT2D eigenvalue weighted by Crippen LogP contribution is -2.58. The number of benzene rings is 1. The van der Waals surface area contributed by atoms with E-state index in [0.29, 0.717) is 18.2 Å². The van der Waals surface area contributed by atoms with Gasteiger partial charge >= 0.3 is 0 Å². The summed E-state index contributed by atoms with van der Waals surface area (Å²) >= 11 is 0. The van der Waals surface area contributed by atoms with E-state index in [9.17, 15) is 13.2 Å². The molecule has 112 valence electrons. The molecule has 0 aromatic heterocycles. The van der Waals surface area contributed by atoms with Gasteiger partial charge in [-0.25, -0.2) is 13.2 Å². The molecule has 1 aromatic carbocycles. The fraction of sp³-hybridized carbons (Fsp3) is 0.600. The van der Waals surface area contributed by atoms with Gasteiger partial charge in [-0.05, 0) is 12.3 Å². The summed E-state index contributed by atoms with van der Waals surface area (Å²) in [4.78, 5) is 1.99. The summed E-state index contributed by atoms with van der Waals surface area (Å²) in [6, 6.07) is 2.60. The van der Waals surface area contributed by atoms with E-state index in [1.807, 2.05) is 4.90 Å². The minimum atomic E-state index is -1.41. The van der Waals surface area contributed by atoms with Gasteiger partial charge in [-0.15, -0.1) is 0 Å². The van der Waals surface area contributed by atoms with Crippen LogP contribution in [0.4, 0.5) is 18.9 Å². The predicted octanol–water partition coefficient (Wildman–Crippen LogP) is 3.32. The predicted molar refractivity (Wildman–Crippen MR) is 74.4 cm³/mol. The Morgan fingerprint density at radius 2 is 1.85 bits per heavy atom. The van der Waals surface area contributed by atoms with Gasteiger partial charge < -0.3 is 10.2 Å². The molecule has 0 aliphatic carbocycles. The van der Waals surface area contributed by atoms with Gasteiger partial charge in [0.05, 0.1) is 0 Å². The van der Waals surface area contributed by atoms with E-state index in [1.165, 1.54) is 0 Å². The highest BCUT2D eigenvalue weighted by Gasteiger charge is 2.30. The average molecular weight is 286 g/mol. The van der Waals surface area contributed by atoms with Crippen molar-refractivity contribution in [2.45, 2.75) is 39.3 Å². The molecule has 2 atom stereocenters. The van der Waals surface area contributed by atoms with Crippen LogP contribution in [0.15, 0.2) is 12.1 Å². The van der Waals surface area contributed by atoms with Gasteiger partial charge in [-0.1, -0.05) is 20.8 Å². The van der Waals surface area contributed by atoms with Gasteiger partial charge in [0, 0.05) is 43.0 Å². The number of rotatable bonds is 3. The summed E-state index contributed by atoms with van der Waals surface area (Å²) in [7, 11) is 0. The molecule has 2 unspecified atom stereocenters. The van der Waals surface area contributed by atoms with Crippen LogP contribution in [-0.2, 0) is 0 Å². The third-order valence-corrected chi connectivity index (χ3v) is 4.00. The largest absolute Gasteiger partial charge is 0.365 e. The topological polar surface area (TPSA) is 15.3 Å². The number of piperazine rings is 1. The zero-order chi connectivity index (χ0) is 14.9. The molecule has 0 saturated carbocycles. The lowest BCUT2D eigenvalue weighted by atomic mass is 9.97. The minimum Gasteiger partial charge on any atom is -0.365 e. The fourth-order valence-corrected chi connectivity index (χ4v) is 2.71. The second-order valence-corrected chi connectivity index (χ2v) is 5.70. The van der Waals surface area contributed by atoms with E-state index in [4.69, 9.17) is 0 Å². The molecule has 1 N–H and O–H groups in total. The zero-order valence-corrected chi connectivity index (χ0v) is 12.1. The van der Waals surface area contributed by atoms with Crippen molar-refractivity contribution in [1.82, 2.24) is 5.32 Å². The van der Waals surface area contributed by atoms with Gasteiger partial charge in [0.15, 0.2) is 17.5 Å². The lowest BCUT2D eigenvalue weighted by Gasteiger charge is -2.43. The van der Waals surface area contributed by atoms with E-state index in [0.717, 1.165) is 25.1 Å². The molecule has 0 spiro atoms. The number of hydrogen-bond donors (Lipinski definition) is 1. The summed E-state index contributed by atoms with van der Waals surface area (Å²) in [6.07, 6.45) is 0.938. The van der Waals surface area contributed by atoms with Crippen molar-refractivity contribution in [2.75, 3.05) is 18.0 Å². The Morgan fingerprint density at radius 3 is 2.35 bits per heavy atom. The maximum Gasteiger partial charge on any atom is 0.194 e. The molecule has 1 fully saturated rings.